The molecule has 21 heavy (non-hydrogen) atoms. The minimum atomic E-state index is 0.0732. The minimum Gasteiger partial charge on any atom is -0.396 e. The van der Waals surface area contributed by atoms with Crippen molar-refractivity contribution in [2.45, 2.75) is 46.5 Å². The van der Waals surface area contributed by atoms with Crippen molar-refractivity contribution in [2.75, 3.05) is 24.7 Å². The van der Waals surface area contributed by atoms with Crippen LogP contribution in [0.5, 0.6) is 0 Å². The third kappa shape index (κ3) is 11.7. The van der Waals surface area contributed by atoms with Gasteiger partial charge in [-0.1, -0.05) is 30.2 Å². The number of allylic oxidation sites excluding steroid dienone is 3. The van der Waals surface area contributed by atoms with Gasteiger partial charge in [-0.15, -0.1) is 0 Å². The van der Waals surface area contributed by atoms with Crippen molar-refractivity contribution in [3.63, 3.8) is 0 Å². The summed E-state index contributed by atoms with van der Waals surface area (Å²) in [7, 11) is 0. The summed E-state index contributed by atoms with van der Waals surface area (Å²) in [4.78, 5) is 12.0. The zero-order valence-electron chi connectivity index (χ0n) is 13.6. The average molecular weight is 314 g/mol. The molecule has 0 saturated heterocycles. The lowest BCUT2D eigenvalue weighted by molar-refractivity contribution is -0.121. The third-order valence-corrected chi connectivity index (χ3v) is 4.60. The molecule has 0 spiro atoms. The van der Waals surface area contributed by atoms with Crippen LogP contribution in [-0.4, -0.2) is 40.7 Å². The summed E-state index contributed by atoms with van der Waals surface area (Å²) >= 11 is 1.63. The summed E-state index contributed by atoms with van der Waals surface area (Å²) in [5.74, 6) is 1.89. The summed E-state index contributed by atoms with van der Waals surface area (Å²) in [6.07, 6.45) is 7.38. The highest BCUT2D eigenvalue weighted by Crippen LogP contribution is 2.15. The lowest BCUT2D eigenvalue weighted by Gasteiger charge is -2.10. The van der Waals surface area contributed by atoms with Gasteiger partial charge in [0.25, 0.3) is 0 Å². The highest BCUT2D eigenvalue weighted by Gasteiger charge is 2.12. The number of carbonyl (C=O) groups excluding carboxylic acids is 1. The van der Waals surface area contributed by atoms with Crippen LogP contribution in [0.1, 0.15) is 46.5 Å². The van der Waals surface area contributed by atoms with Crippen molar-refractivity contribution in [1.29, 1.82) is 0 Å². The molecule has 0 aromatic carbocycles. The number of aliphatic hydroxyl groups is 2. The molecule has 1 unspecified atom stereocenters. The first-order valence-electron chi connectivity index (χ1n) is 7.64. The van der Waals surface area contributed by atoms with E-state index in [0.717, 1.165) is 25.0 Å². The second kappa shape index (κ2) is 13.1. The first kappa shape index (κ1) is 20.4. The zero-order chi connectivity index (χ0) is 16.1. The molecule has 0 heterocycles. The zero-order valence-corrected chi connectivity index (χ0v) is 14.4. The van der Waals surface area contributed by atoms with E-state index >= 15 is 0 Å². The van der Waals surface area contributed by atoms with E-state index in [1.54, 1.807) is 11.8 Å². The molecule has 0 amide bonds. The molecule has 0 rings (SSSR count). The van der Waals surface area contributed by atoms with E-state index in [1.807, 2.05) is 19.9 Å². The fraction of sp³-hybridized carbons (Fsp3) is 0.706. The van der Waals surface area contributed by atoms with E-state index in [-0.39, 0.29) is 19.1 Å². The minimum absolute atomic E-state index is 0.0732. The van der Waals surface area contributed by atoms with Crippen LogP contribution in [0.15, 0.2) is 23.3 Å². The molecular weight excluding hydrogens is 284 g/mol. The van der Waals surface area contributed by atoms with Gasteiger partial charge in [0.1, 0.15) is 5.78 Å². The van der Waals surface area contributed by atoms with E-state index in [4.69, 9.17) is 10.2 Å². The third-order valence-electron chi connectivity index (χ3n) is 3.39. The lowest BCUT2D eigenvalue weighted by atomic mass is 10.0. The van der Waals surface area contributed by atoms with Crippen LogP contribution >= 0.6 is 11.8 Å². The Labute approximate surface area is 133 Å². The lowest BCUT2D eigenvalue weighted by Crippen LogP contribution is -2.13. The predicted molar refractivity (Wildman–Crippen MR) is 91.6 cm³/mol. The fourth-order valence-corrected chi connectivity index (χ4v) is 2.73. The van der Waals surface area contributed by atoms with Gasteiger partial charge in [0.05, 0.1) is 13.2 Å². The summed E-state index contributed by atoms with van der Waals surface area (Å²) < 4.78 is 0. The van der Waals surface area contributed by atoms with Gasteiger partial charge in [0, 0.05) is 23.8 Å². The van der Waals surface area contributed by atoms with E-state index < -0.39 is 0 Å². The molecule has 0 aliphatic rings. The largest absolute Gasteiger partial charge is 0.396 e. The van der Waals surface area contributed by atoms with Gasteiger partial charge in [0.15, 0.2) is 0 Å². The van der Waals surface area contributed by atoms with Crippen LogP contribution in [0, 0.1) is 5.92 Å². The molecule has 122 valence electrons. The van der Waals surface area contributed by atoms with Crippen molar-refractivity contribution in [2.24, 2.45) is 5.92 Å². The molecule has 4 heteroatoms. The predicted octanol–water partition coefficient (Wildman–Crippen LogP) is 3.36. The maximum absolute atomic E-state index is 12.0. The number of Topliss-reactive ketones (excluding diaryl/α,β-unsaturated/α-hetero) is 1. The van der Waals surface area contributed by atoms with Gasteiger partial charge in [-0.25, -0.2) is 0 Å². The number of hydrogen-bond acceptors (Lipinski definition) is 4. The van der Waals surface area contributed by atoms with Crippen molar-refractivity contribution >= 4 is 17.5 Å². The molecule has 0 aromatic heterocycles. The Bertz CT molecular complexity index is 348. The van der Waals surface area contributed by atoms with Gasteiger partial charge in [0.2, 0.25) is 0 Å². The molecule has 0 aliphatic carbocycles. The number of hydrogen-bond donors (Lipinski definition) is 2. The molecule has 2 N–H and O–H groups in total. The van der Waals surface area contributed by atoms with Gasteiger partial charge >= 0.3 is 0 Å². The first-order chi connectivity index (χ1) is 10.0. The Morgan fingerprint density at radius 3 is 2.38 bits per heavy atom. The number of thioether (sulfide) groups is 1. The van der Waals surface area contributed by atoms with Gasteiger partial charge in [-0.3, -0.25) is 4.79 Å². The summed E-state index contributed by atoms with van der Waals surface area (Å²) in [5.41, 5.74) is 2.46. The number of aliphatic hydroxyl groups excluding tert-OH is 2. The van der Waals surface area contributed by atoms with Crippen LogP contribution < -0.4 is 0 Å². The molecule has 0 radical (unpaired) electrons. The van der Waals surface area contributed by atoms with Crippen molar-refractivity contribution in [3.8, 4) is 0 Å². The molecule has 0 saturated carbocycles. The Hall–Kier alpha value is -0.580. The topological polar surface area (TPSA) is 57.5 Å². The fourth-order valence-electron chi connectivity index (χ4n) is 1.89. The smallest absolute Gasteiger partial charge is 0.136 e. The SMILES string of the molecule is CC(=CCO)CCC=C(C)CCC(=O)C(C)CSCCO. The van der Waals surface area contributed by atoms with E-state index in [1.165, 1.54) is 11.1 Å². The van der Waals surface area contributed by atoms with Crippen LogP contribution in [0.2, 0.25) is 0 Å². The van der Waals surface area contributed by atoms with Crippen LogP contribution in [0.25, 0.3) is 0 Å². The normalized spacial score (nSPS) is 14.3. The Morgan fingerprint density at radius 1 is 1.10 bits per heavy atom. The molecule has 3 nitrogen and oxygen atoms in total. The Kier molecular flexibility index (Phi) is 12.7. The number of rotatable bonds is 12. The monoisotopic (exact) mass is 314 g/mol. The van der Waals surface area contributed by atoms with Crippen molar-refractivity contribution in [3.05, 3.63) is 23.3 Å². The summed E-state index contributed by atoms with van der Waals surface area (Å²) in [6.45, 7) is 6.35. The first-order valence-corrected chi connectivity index (χ1v) is 8.80. The molecule has 0 aromatic rings. The van der Waals surface area contributed by atoms with Crippen LogP contribution in [0.3, 0.4) is 0 Å². The number of ketones is 1. The van der Waals surface area contributed by atoms with E-state index in [2.05, 4.69) is 13.0 Å². The maximum atomic E-state index is 12.0. The standard InChI is InChI=1S/C17H30O3S/c1-14(5-4-6-15(2)9-10-18)7-8-17(20)16(3)13-21-12-11-19/h5,9,16,18-19H,4,6-8,10-13H2,1-3H3. The quantitative estimate of drug-likeness (QED) is 0.428. The van der Waals surface area contributed by atoms with Crippen molar-refractivity contribution in [1.82, 2.24) is 0 Å². The molecule has 1 atom stereocenters. The highest BCUT2D eigenvalue weighted by atomic mass is 32.2. The Balaban J connectivity index is 3.92. The molecule has 0 fully saturated rings. The van der Waals surface area contributed by atoms with Gasteiger partial charge < -0.3 is 10.2 Å². The summed E-state index contributed by atoms with van der Waals surface area (Å²) in [5, 5.41) is 17.5. The Morgan fingerprint density at radius 2 is 1.76 bits per heavy atom. The van der Waals surface area contributed by atoms with Gasteiger partial charge in [-0.05, 0) is 33.1 Å². The van der Waals surface area contributed by atoms with Crippen LogP contribution in [-0.2, 0) is 4.79 Å². The summed E-state index contributed by atoms with van der Waals surface area (Å²) in [6, 6.07) is 0. The van der Waals surface area contributed by atoms with E-state index in [9.17, 15) is 4.79 Å². The average Bonchev–Trinajstić information content (AvgIpc) is 2.45. The second-order valence-electron chi connectivity index (χ2n) is 5.49. The van der Waals surface area contributed by atoms with Crippen molar-refractivity contribution < 1.29 is 15.0 Å². The van der Waals surface area contributed by atoms with Gasteiger partial charge in [-0.2, -0.15) is 11.8 Å². The molecule has 0 bridgehead atoms. The van der Waals surface area contributed by atoms with E-state index in [0.29, 0.717) is 18.0 Å². The highest BCUT2D eigenvalue weighted by molar-refractivity contribution is 7.99. The molecule has 0 aliphatic heterocycles. The van der Waals surface area contributed by atoms with Crippen LogP contribution in [0.4, 0.5) is 0 Å². The second-order valence-corrected chi connectivity index (χ2v) is 6.64. The number of carbonyl (C=O) groups is 1. The molecular formula is C17H30O3S. The maximum Gasteiger partial charge on any atom is 0.136 e.